The highest BCUT2D eigenvalue weighted by Gasteiger charge is 2.18. The highest BCUT2D eigenvalue weighted by atomic mass is 127. The highest BCUT2D eigenvalue weighted by molar-refractivity contribution is 14.0. The van der Waals surface area contributed by atoms with Crippen LogP contribution in [0, 0.1) is 19.8 Å². The fourth-order valence-electron chi connectivity index (χ4n) is 4.20. The molecule has 172 valence electrons. The molecule has 1 saturated heterocycles. The van der Waals surface area contributed by atoms with E-state index < -0.39 is 0 Å². The van der Waals surface area contributed by atoms with Crippen LogP contribution in [0.25, 0.3) is 5.69 Å². The van der Waals surface area contributed by atoms with Crippen molar-refractivity contribution in [2.75, 3.05) is 32.7 Å². The van der Waals surface area contributed by atoms with Crippen LogP contribution < -0.4 is 10.6 Å². The highest BCUT2D eigenvalue weighted by Crippen LogP contribution is 2.18. The van der Waals surface area contributed by atoms with Crippen LogP contribution in [0.1, 0.15) is 50.1 Å². The monoisotopic (exact) mass is 538 g/mol. The third kappa shape index (κ3) is 7.49. The standard InChI is InChI=1S/C24H38N6.HI/c1-5-13-29-14-11-21(12-15-29)17-26-24(25-6-2)27-18-22-9-7-8-10-23(22)30-20(4)16-19(3)28-30;/h7-10,16,21H,5-6,11-15,17-18H2,1-4H3,(H2,25,26,27);1H. The Hall–Kier alpha value is -1.61. The summed E-state index contributed by atoms with van der Waals surface area (Å²) in [5.74, 6) is 1.63. The average molecular weight is 539 g/mol. The zero-order valence-electron chi connectivity index (χ0n) is 19.5. The Kier molecular flexibility index (Phi) is 10.8. The van der Waals surface area contributed by atoms with E-state index in [0.717, 1.165) is 42.0 Å². The maximum atomic E-state index is 4.88. The molecule has 6 nitrogen and oxygen atoms in total. The van der Waals surface area contributed by atoms with Gasteiger partial charge in [0.1, 0.15) is 0 Å². The van der Waals surface area contributed by atoms with Crippen molar-refractivity contribution >= 4 is 29.9 Å². The summed E-state index contributed by atoms with van der Waals surface area (Å²) in [5, 5.41) is 11.6. The molecule has 2 heterocycles. The van der Waals surface area contributed by atoms with Crippen molar-refractivity contribution in [3.8, 4) is 5.69 Å². The first-order valence-corrected chi connectivity index (χ1v) is 11.5. The van der Waals surface area contributed by atoms with Gasteiger partial charge in [-0.2, -0.15) is 5.10 Å². The summed E-state index contributed by atoms with van der Waals surface area (Å²) in [6.07, 6.45) is 3.79. The summed E-state index contributed by atoms with van der Waals surface area (Å²) in [6, 6.07) is 10.5. The first-order valence-electron chi connectivity index (χ1n) is 11.5. The van der Waals surface area contributed by atoms with Gasteiger partial charge in [-0.1, -0.05) is 25.1 Å². The van der Waals surface area contributed by atoms with Crippen LogP contribution in [0.15, 0.2) is 35.3 Å². The number of likely N-dealkylation sites (tertiary alicyclic amines) is 1. The molecule has 3 rings (SSSR count). The fraction of sp³-hybridized carbons (Fsp3) is 0.583. The van der Waals surface area contributed by atoms with Gasteiger partial charge >= 0.3 is 0 Å². The van der Waals surface area contributed by atoms with Crippen molar-refractivity contribution in [2.24, 2.45) is 10.9 Å². The molecule has 7 heteroatoms. The smallest absolute Gasteiger partial charge is 0.191 e. The predicted octanol–water partition coefficient (Wildman–Crippen LogP) is 4.28. The number of piperidine rings is 1. The molecule has 0 saturated carbocycles. The molecule has 1 aromatic carbocycles. The predicted molar refractivity (Wildman–Crippen MR) is 141 cm³/mol. The number of hydrogen-bond donors (Lipinski definition) is 2. The molecule has 1 fully saturated rings. The molecule has 0 radical (unpaired) electrons. The van der Waals surface area contributed by atoms with Gasteiger partial charge in [0.2, 0.25) is 0 Å². The third-order valence-corrected chi connectivity index (χ3v) is 5.79. The maximum Gasteiger partial charge on any atom is 0.191 e. The van der Waals surface area contributed by atoms with Crippen LogP contribution >= 0.6 is 24.0 Å². The molecule has 31 heavy (non-hydrogen) atoms. The number of rotatable bonds is 8. The van der Waals surface area contributed by atoms with E-state index in [-0.39, 0.29) is 24.0 Å². The van der Waals surface area contributed by atoms with Gasteiger partial charge in [0.05, 0.1) is 17.9 Å². The summed E-state index contributed by atoms with van der Waals surface area (Å²) in [6.45, 7) is 14.7. The summed E-state index contributed by atoms with van der Waals surface area (Å²) in [4.78, 5) is 7.47. The summed E-state index contributed by atoms with van der Waals surface area (Å²) in [5.41, 5.74) is 4.45. The summed E-state index contributed by atoms with van der Waals surface area (Å²) >= 11 is 0. The minimum Gasteiger partial charge on any atom is -0.357 e. The van der Waals surface area contributed by atoms with Crippen molar-refractivity contribution in [3.05, 3.63) is 47.3 Å². The Bertz CT molecular complexity index is 823. The Labute approximate surface area is 204 Å². The van der Waals surface area contributed by atoms with Gasteiger partial charge < -0.3 is 15.5 Å². The lowest BCUT2D eigenvalue weighted by Gasteiger charge is -2.32. The van der Waals surface area contributed by atoms with Crippen LogP contribution in [0.5, 0.6) is 0 Å². The number of aliphatic imine (C=N–C) groups is 1. The van der Waals surface area contributed by atoms with E-state index in [4.69, 9.17) is 4.99 Å². The zero-order valence-corrected chi connectivity index (χ0v) is 21.9. The topological polar surface area (TPSA) is 57.5 Å². The zero-order chi connectivity index (χ0) is 21.3. The fourth-order valence-corrected chi connectivity index (χ4v) is 4.20. The lowest BCUT2D eigenvalue weighted by molar-refractivity contribution is 0.185. The Morgan fingerprint density at radius 1 is 1.13 bits per heavy atom. The number of aromatic nitrogens is 2. The number of benzene rings is 1. The van der Waals surface area contributed by atoms with Crippen molar-refractivity contribution in [1.82, 2.24) is 25.3 Å². The van der Waals surface area contributed by atoms with Gasteiger partial charge in [-0.3, -0.25) is 0 Å². The molecule has 0 unspecified atom stereocenters. The third-order valence-electron chi connectivity index (χ3n) is 5.79. The van der Waals surface area contributed by atoms with Crippen molar-refractivity contribution in [1.29, 1.82) is 0 Å². The largest absolute Gasteiger partial charge is 0.357 e. The van der Waals surface area contributed by atoms with Crippen molar-refractivity contribution in [3.63, 3.8) is 0 Å². The second-order valence-corrected chi connectivity index (χ2v) is 8.33. The first kappa shape index (κ1) is 25.6. The van der Waals surface area contributed by atoms with E-state index in [1.807, 2.05) is 11.6 Å². The maximum absolute atomic E-state index is 4.88. The summed E-state index contributed by atoms with van der Waals surface area (Å²) in [7, 11) is 0. The SMILES string of the molecule is CCCN1CCC(CNC(=NCc2ccccc2-n2nc(C)cc2C)NCC)CC1.I. The van der Waals surface area contributed by atoms with E-state index in [1.165, 1.54) is 44.5 Å². The molecule has 2 aromatic rings. The van der Waals surface area contributed by atoms with Gasteiger partial charge in [0.25, 0.3) is 0 Å². The van der Waals surface area contributed by atoms with E-state index >= 15 is 0 Å². The number of para-hydroxylation sites is 1. The van der Waals surface area contributed by atoms with E-state index in [2.05, 4.69) is 71.7 Å². The quantitative estimate of drug-likeness (QED) is 0.299. The van der Waals surface area contributed by atoms with Gasteiger partial charge in [-0.05, 0) is 83.3 Å². The van der Waals surface area contributed by atoms with Crippen LogP contribution in [-0.2, 0) is 6.54 Å². The van der Waals surface area contributed by atoms with Crippen LogP contribution in [0.3, 0.4) is 0 Å². The van der Waals surface area contributed by atoms with E-state index in [0.29, 0.717) is 6.54 Å². The van der Waals surface area contributed by atoms with Crippen LogP contribution in [0.2, 0.25) is 0 Å². The molecule has 0 bridgehead atoms. The van der Waals surface area contributed by atoms with Crippen molar-refractivity contribution in [2.45, 2.75) is 53.5 Å². The Morgan fingerprint density at radius 2 is 1.87 bits per heavy atom. The number of nitrogens with one attached hydrogen (secondary N) is 2. The first-order chi connectivity index (χ1) is 14.6. The van der Waals surface area contributed by atoms with Gasteiger partial charge in [0, 0.05) is 18.8 Å². The van der Waals surface area contributed by atoms with Crippen molar-refractivity contribution < 1.29 is 0 Å². The Morgan fingerprint density at radius 3 is 2.52 bits per heavy atom. The molecule has 1 aromatic heterocycles. The van der Waals surface area contributed by atoms with E-state index in [1.54, 1.807) is 0 Å². The second-order valence-electron chi connectivity index (χ2n) is 8.33. The number of aryl methyl sites for hydroxylation is 2. The summed E-state index contributed by atoms with van der Waals surface area (Å²) < 4.78 is 2.02. The van der Waals surface area contributed by atoms with Crippen LogP contribution in [-0.4, -0.2) is 53.4 Å². The number of guanidine groups is 1. The number of halogens is 1. The lowest BCUT2D eigenvalue weighted by Crippen LogP contribution is -2.43. The van der Waals surface area contributed by atoms with Gasteiger partial charge in [0.15, 0.2) is 5.96 Å². The molecule has 0 atom stereocenters. The molecule has 0 amide bonds. The average Bonchev–Trinajstić information content (AvgIpc) is 3.09. The van der Waals surface area contributed by atoms with Crippen LogP contribution in [0.4, 0.5) is 0 Å². The minimum atomic E-state index is 0. The number of hydrogen-bond acceptors (Lipinski definition) is 3. The molecule has 0 spiro atoms. The second kappa shape index (κ2) is 13.1. The van der Waals surface area contributed by atoms with Gasteiger partial charge in [-0.15, -0.1) is 24.0 Å². The van der Waals surface area contributed by atoms with E-state index in [9.17, 15) is 0 Å². The molecule has 0 aliphatic carbocycles. The molecule has 1 aliphatic rings. The normalized spacial score (nSPS) is 15.5. The Balaban J connectivity index is 0.00000341. The minimum absolute atomic E-state index is 0. The molecule has 2 N–H and O–H groups in total. The lowest BCUT2D eigenvalue weighted by atomic mass is 9.97. The molecule has 1 aliphatic heterocycles. The molecular weight excluding hydrogens is 499 g/mol. The molecular formula is C24H39IN6. The number of nitrogens with zero attached hydrogens (tertiary/aromatic N) is 4. The van der Waals surface area contributed by atoms with Gasteiger partial charge in [-0.25, -0.2) is 9.67 Å².